The Hall–Kier alpha value is -2.87. The Bertz CT molecular complexity index is 1010. The van der Waals surface area contributed by atoms with E-state index in [9.17, 15) is 0 Å². The van der Waals surface area contributed by atoms with Gasteiger partial charge in [-0.05, 0) is 24.3 Å². The van der Waals surface area contributed by atoms with Crippen LogP contribution in [0.2, 0.25) is 0 Å². The van der Waals surface area contributed by atoms with Gasteiger partial charge in [0, 0.05) is 33.3 Å². The number of H-pyrrole nitrogens is 1. The summed E-state index contributed by atoms with van der Waals surface area (Å²) in [5.74, 6) is 0.322. The van der Waals surface area contributed by atoms with E-state index in [4.69, 9.17) is 0 Å². The lowest BCUT2D eigenvalue weighted by atomic mass is 10.2. The lowest BCUT2D eigenvalue weighted by molar-refractivity contribution is 1.01. The molecule has 0 spiro atoms. The molecule has 0 radical (unpaired) electrons. The van der Waals surface area contributed by atoms with Gasteiger partial charge in [-0.2, -0.15) is 10.1 Å². The van der Waals surface area contributed by atoms with Gasteiger partial charge in [0.2, 0.25) is 0 Å². The average Bonchev–Trinajstić information content (AvgIpc) is 2.93. The van der Waals surface area contributed by atoms with Gasteiger partial charge in [-0.15, -0.1) is 10.2 Å². The molecule has 0 aliphatic carbocycles. The zero-order valence-corrected chi connectivity index (χ0v) is 13.3. The standard InChI is InChI=1S/C15H10BrN7/c16-10-3-4-12-11(6-10)13-14(19-12)20-15(23-21-13)22-18-8-9-2-1-5-17-7-9/h1-8H,(H2,19,20,22,23). The van der Waals surface area contributed by atoms with Gasteiger partial charge in [0.25, 0.3) is 5.95 Å². The maximum Gasteiger partial charge on any atom is 0.265 e. The first-order valence-corrected chi connectivity index (χ1v) is 7.60. The zero-order chi connectivity index (χ0) is 15.6. The Morgan fingerprint density at radius 1 is 1.22 bits per heavy atom. The third-order valence-electron chi connectivity index (χ3n) is 3.24. The molecule has 0 unspecified atom stereocenters. The first-order valence-electron chi connectivity index (χ1n) is 6.80. The van der Waals surface area contributed by atoms with E-state index < -0.39 is 0 Å². The summed E-state index contributed by atoms with van der Waals surface area (Å²) in [5.41, 5.74) is 5.99. The normalized spacial score (nSPS) is 11.5. The number of nitrogens with zero attached hydrogens (tertiary/aromatic N) is 5. The van der Waals surface area contributed by atoms with Crippen LogP contribution in [0, 0.1) is 0 Å². The predicted molar refractivity (Wildman–Crippen MR) is 92.3 cm³/mol. The Labute approximate surface area is 139 Å². The predicted octanol–water partition coefficient (Wildman–Crippen LogP) is 3.11. The second-order valence-electron chi connectivity index (χ2n) is 4.80. The van der Waals surface area contributed by atoms with Crippen LogP contribution in [0.4, 0.5) is 5.95 Å². The summed E-state index contributed by atoms with van der Waals surface area (Å²) in [6, 6.07) is 9.65. The highest BCUT2D eigenvalue weighted by Gasteiger charge is 2.09. The molecule has 3 heterocycles. The van der Waals surface area contributed by atoms with Crippen molar-refractivity contribution in [3.63, 3.8) is 0 Å². The van der Waals surface area contributed by atoms with Crippen LogP contribution in [0.25, 0.3) is 22.1 Å². The van der Waals surface area contributed by atoms with Crippen LogP contribution in [0.5, 0.6) is 0 Å². The fourth-order valence-electron chi connectivity index (χ4n) is 2.21. The molecule has 0 fully saturated rings. The van der Waals surface area contributed by atoms with Gasteiger partial charge in [-0.25, -0.2) is 5.43 Å². The quantitative estimate of drug-likeness (QED) is 0.428. The van der Waals surface area contributed by atoms with Crippen LogP contribution in [-0.4, -0.2) is 31.4 Å². The Morgan fingerprint density at radius 2 is 2.17 bits per heavy atom. The van der Waals surface area contributed by atoms with Crippen molar-refractivity contribution in [3.05, 3.63) is 52.8 Å². The van der Waals surface area contributed by atoms with Gasteiger partial charge in [0.05, 0.1) is 6.21 Å². The number of aromatic amines is 1. The first kappa shape index (κ1) is 13.8. The van der Waals surface area contributed by atoms with Crippen LogP contribution >= 0.6 is 15.9 Å². The van der Waals surface area contributed by atoms with Gasteiger partial charge in [0.1, 0.15) is 5.52 Å². The van der Waals surface area contributed by atoms with Crippen molar-refractivity contribution in [2.24, 2.45) is 5.10 Å². The van der Waals surface area contributed by atoms with E-state index in [1.807, 2.05) is 30.3 Å². The number of hydrogen-bond donors (Lipinski definition) is 2. The summed E-state index contributed by atoms with van der Waals surface area (Å²) >= 11 is 3.45. The van der Waals surface area contributed by atoms with Crippen molar-refractivity contribution in [2.75, 3.05) is 5.43 Å². The molecule has 3 aromatic heterocycles. The largest absolute Gasteiger partial charge is 0.338 e. The molecule has 0 saturated heterocycles. The Kier molecular flexibility index (Phi) is 3.43. The molecule has 8 heteroatoms. The Morgan fingerprint density at radius 3 is 3.04 bits per heavy atom. The van der Waals surface area contributed by atoms with Crippen molar-refractivity contribution >= 4 is 50.2 Å². The lowest BCUT2D eigenvalue weighted by Gasteiger charge is -1.97. The summed E-state index contributed by atoms with van der Waals surface area (Å²) < 4.78 is 0.982. The monoisotopic (exact) mass is 367 g/mol. The molecule has 1 aromatic carbocycles. The average molecular weight is 368 g/mol. The summed E-state index contributed by atoms with van der Waals surface area (Å²) in [6.07, 6.45) is 5.06. The molecule has 0 aliphatic heterocycles. The molecule has 0 amide bonds. The summed E-state index contributed by atoms with van der Waals surface area (Å²) in [6.45, 7) is 0. The number of hydrazone groups is 1. The molecule has 7 nitrogen and oxygen atoms in total. The van der Waals surface area contributed by atoms with Gasteiger partial charge in [-0.3, -0.25) is 4.98 Å². The summed E-state index contributed by atoms with van der Waals surface area (Å²) in [7, 11) is 0. The summed E-state index contributed by atoms with van der Waals surface area (Å²) in [4.78, 5) is 11.6. The number of fused-ring (bicyclic) bond motifs is 3. The van der Waals surface area contributed by atoms with Crippen LogP contribution in [0.15, 0.2) is 52.3 Å². The molecule has 4 rings (SSSR count). The maximum atomic E-state index is 4.39. The third kappa shape index (κ3) is 2.76. The number of nitrogens with one attached hydrogen (secondary N) is 2. The van der Waals surface area contributed by atoms with E-state index in [1.54, 1.807) is 18.6 Å². The van der Waals surface area contributed by atoms with Gasteiger partial charge in [-0.1, -0.05) is 22.0 Å². The van der Waals surface area contributed by atoms with Crippen molar-refractivity contribution in [1.29, 1.82) is 0 Å². The van der Waals surface area contributed by atoms with E-state index >= 15 is 0 Å². The highest BCUT2D eigenvalue weighted by molar-refractivity contribution is 9.10. The molecule has 0 atom stereocenters. The molecule has 112 valence electrons. The van der Waals surface area contributed by atoms with Crippen molar-refractivity contribution in [1.82, 2.24) is 25.1 Å². The number of rotatable bonds is 3. The number of halogens is 1. The maximum absolute atomic E-state index is 4.39. The molecule has 23 heavy (non-hydrogen) atoms. The highest BCUT2D eigenvalue weighted by atomic mass is 79.9. The Balaban J connectivity index is 1.64. The van der Waals surface area contributed by atoms with Crippen LogP contribution < -0.4 is 5.43 Å². The molecular formula is C15H10BrN7. The van der Waals surface area contributed by atoms with E-state index in [0.717, 1.165) is 26.5 Å². The second-order valence-corrected chi connectivity index (χ2v) is 5.72. The minimum Gasteiger partial charge on any atom is -0.338 e. The zero-order valence-electron chi connectivity index (χ0n) is 11.7. The molecule has 0 bridgehead atoms. The lowest BCUT2D eigenvalue weighted by Crippen LogP contribution is -1.99. The van der Waals surface area contributed by atoms with Gasteiger partial charge < -0.3 is 4.98 Å². The highest BCUT2D eigenvalue weighted by Crippen LogP contribution is 2.25. The van der Waals surface area contributed by atoms with E-state index in [-0.39, 0.29) is 0 Å². The van der Waals surface area contributed by atoms with Crippen LogP contribution in [0.1, 0.15) is 5.56 Å². The second kappa shape index (κ2) is 5.73. The SMILES string of the molecule is Brc1ccc2[nH]c3nc(NN=Cc4cccnc4)nnc3c2c1. The van der Waals surface area contributed by atoms with Gasteiger partial charge >= 0.3 is 0 Å². The fourth-order valence-corrected chi connectivity index (χ4v) is 2.57. The van der Waals surface area contributed by atoms with E-state index in [0.29, 0.717) is 11.6 Å². The number of benzene rings is 1. The molecular weight excluding hydrogens is 358 g/mol. The van der Waals surface area contributed by atoms with Crippen LogP contribution in [-0.2, 0) is 0 Å². The molecule has 2 N–H and O–H groups in total. The topological polar surface area (TPSA) is 91.7 Å². The number of anilines is 1. The molecule has 4 aromatic rings. The number of pyridine rings is 1. The van der Waals surface area contributed by atoms with E-state index in [1.165, 1.54) is 0 Å². The minimum absolute atomic E-state index is 0.322. The fraction of sp³-hybridized carbons (Fsp3) is 0. The van der Waals surface area contributed by atoms with Crippen molar-refractivity contribution < 1.29 is 0 Å². The van der Waals surface area contributed by atoms with Crippen molar-refractivity contribution in [3.8, 4) is 0 Å². The smallest absolute Gasteiger partial charge is 0.265 e. The first-order chi connectivity index (χ1) is 11.3. The molecule has 0 saturated carbocycles. The number of hydrogen-bond acceptors (Lipinski definition) is 6. The van der Waals surface area contributed by atoms with E-state index in [2.05, 4.69) is 51.6 Å². The van der Waals surface area contributed by atoms with Crippen molar-refractivity contribution in [2.45, 2.75) is 0 Å². The van der Waals surface area contributed by atoms with Gasteiger partial charge in [0.15, 0.2) is 5.65 Å². The summed E-state index contributed by atoms with van der Waals surface area (Å²) in [5, 5.41) is 13.3. The minimum atomic E-state index is 0.322. The van der Waals surface area contributed by atoms with Crippen LogP contribution in [0.3, 0.4) is 0 Å². The number of aromatic nitrogens is 5. The third-order valence-corrected chi connectivity index (χ3v) is 3.73. The molecule has 0 aliphatic rings.